The van der Waals surface area contributed by atoms with Crippen molar-refractivity contribution in [1.29, 1.82) is 0 Å². The molecule has 0 aliphatic rings. The third-order valence-electron chi connectivity index (χ3n) is 2.49. The molecule has 108 valence electrons. The van der Waals surface area contributed by atoms with E-state index < -0.39 is 10.0 Å². The van der Waals surface area contributed by atoms with Gasteiger partial charge in [0, 0.05) is 13.1 Å². The van der Waals surface area contributed by atoms with E-state index in [-0.39, 0.29) is 10.2 Å². The fraction of sp³-hybridized carbons (Fsp3) is 0.182. The molecule has 9 heteroatoms. The highest BCUT2D eigenvalue weighted by Crippen LogP contribution is 2.29. The zero-order chi connectivity index (χ0) is 14.9. The summed E-state index contributed by atoms with van der Waals surface area (Å²) in [7, 11) is -0.837. The summed E-state index contributed by atoms with van der Waals surface area (Å²) in [6.07, 6.45) is 1.32. The van der Waals surface area contributed by atoms with Crippen molar-refractivity contribution >= 4 is 38.9 Å². The van der Waals surface area contributed by atoms with Gasteiger partial charge in [0.25, 0.3) is 10.0 Å². The zero-order valence-electron chi connectivity index (χ0n) is 10.6. The van der Waals surface area contributed by atoms with Crippen LogP contribution in [0.25, 0.3) is 0 Å². The maximum absolute atomic E-state index is 12.2. The van der Waals surface area contributed by atoms with Gasteiger partial charge in [-0.2, -0.15) is 8.42 Å². The van der Waals surface area contributed by atoms with Gasteiger partial charge in [0.2, 0.25) is 5.03 Å². The van der Waals surface area contributed by atoms with Crippen molar-refractivity contribution in [2.75, 3.05) is 11.8 Å². The molecule has 0 fully saturated rings. The molecule has 0 radical (unpaired) electrons. The van der Waals surface area contributed by atoms with E-state index in [1.54, 1.807) is 7.05 Å². The molecule has 2 aromatic rings. The third kappa shape index (κ3) is 2.84. The number of hydrogen-bond donors (Lipinski definition) is 1. The molecular weight excluding hydrogens is 325 g/mol. The SMILES string of the molecule is COc1cc(NS(=O)(=O)c2ncn(C)c2Cl)ccc1Cl. The standard InChI is InChI=1S/C11H11Cl2N3O3S/c1-16-6-14-11(10(16)13)20(17,18)15-7-3-4-8(12)9(5-7)19-2/h3-6,15H,1-2H3. The van der Waals surface area contributed by atoms with Crippen molar-refractivity contribution in [1.82, 2.24) is 9.55 Å². The predicted octanol–water partition coefficient (Wildman–Crippen LogP) is 2.54. The summed E-state index contributed by atoms with van der Waals surface area (Å²) in [4.78, 5) is 3.77. The second-order valence-corrected chi connectivity index (χ2v) is 6.27. The van der Waals surface area contributed by atoms with Crippen LogP contribution >= 0.6 is 23.2 Å². The maximum Gasteiger partial charge on any atom is 0.282 e. The molecule has 0 spiro atoms. The lowest BCUT2D eigenvalue weighted by molar-refractivity contribution is 0.415. The number of rotatable bonds is 4. The topological polar surface area (TPSA) is 73.2 Å². The van der Waals surface area contributed by atoms with E-state index in [0.29, 0.717) is 16.5 Å². The van der Waals surface area contributed by atoms with E-state index in [2.05, 4.69) is 9.71 Å². The Morgan fingerprint density at radius 1 is 1.35 bits per heavy atom. The van der Waals surface area contributed by atoms with E-state index in [1.165, 1.54) is 36.2 Å². The number of imidazole rings is 1. The van der Waals surface area contributed by atoms with Crippen LogP contribution in [0.1, 0.15) is 0 Å². The molecule has 6 nitrogen and oxygen atoms in total. The van der Waals surface area contributed by atoms with Crippen LogP contribution in [0.2, 0.25) is 10.2 Å². The first-order valence-electron chi connectivity index (χ1n) is 5.38. The van der Waals surface area contributed by atoms with Gasteiger partial charge in [0.1, 0.15) is 10.9 Å². The molecule has 0 bridgehead atoms. The second kappa shape index (κ2) is 5.51. The highest BCUT2D eigenvalue weighted by molar-refractivity contribution is 7.92. The minimum atomic E-state index is -3.87. The molecule has 0 atom stereocenters. The van der Waals surface area contributed by atoms with Crippen LogP contribution < -0.4 is 9.46 Å². The van der Waals surface area contributed by atoms with Crippen LogP contribution in [0, 0.1) is 0 Å². The quantitative estimate of drug-likeness (QED) is 0.931. The van der Waals surface area contributed by atoms with Gasteiger partial charge in [0.05, 0.1) is 24.1 Å². The van der Waals surface area contributed by atoms with E-state index in [1.807, 2.05) is 0 Å². The minimum Gasteiger partial charge on any atom is -0.495 e. The summed E-state index contributed by atoms with van der Waals surface area (Å²) in [6, 6.07) is 4.51. The van der Waals surface area contributed by atoms with Crippen LogP contribution in [0.5, 0.6) is 5.75 Å². The van der Waals surface area contributed by atoms with E-state index in [0.717, 1.165) is 0 Å². The van der Waals surface area contributed by atoms with Gasteiger partial charge >= 0.3 is 0 Å². The van der Waals surface area contributed by atoms with Gasteiger partial charge < -0.3 is 9.30 Å². The van der Waals surface area contributed by atoms with Crippen LogP contribution in [0.4, 0.5) is 5.69 Å². The molecule has 1 N–H and O–H groups in total. The van der Waals surface area contributed by atoms with E-state index in [4.69, 9.17) is 27.9 Å². The predicted molar refractivity (Wildman–Crippen MR) is 77.0 cm³/mol. The molecule has 1 aromatic heterocycles. The molecule has 0 saturated carbocycles. The minimum absolute atomic E-state index is 0.0263. The monoisotopic (exact) mass is 335 g/mol. The summed E-state index contributed by atoms with van der Waals surface area (Å²) in [5.41, 5.74) is 0.299. The average Bonchev–Trinajstić information content (AvgIpc) is 2.72. The first-order valence-corrected chi connectivity index (χ1v) is 7.62. The first kappa shape index (κ1) is 15.0. The van der Waals surface area contributed by atoms with Gasteiger partial charge in [-0.3, -0.25) is 4.72 Å². The van der Waals surface area contributed by atoms with Gasteiger partial charge in [0.15, 0.2) is 0 Å². The van der Waals surface area contributed by atoms with Crippen molar-refractivity contribution < 1.29 is 13.2 Å². The van der Waals surface area contributed by atoms with Crippen molar-refractivity contribution in [3.63, 3.8) is 0 Å². The lowest BCUT2D eigenvalue weighted by Gasteiger charge is -2.09. The summed E-state index contributed by atoms with van der Waals surface area (Å²) in [5, 5.41) is 0.167. The number of sulfonamides is 1. The molecule has 1 heterocycles. The molecule has 0 saturated heterocycles. The van der Waals surface area contributed by atoms with Crippen LogP contribution in [0.15, 0.2) is 29.6 Å². The molecule has 2 rings (SSSR count). The molecule has 1 aromatic carbocycles. The Morgan fingerprint density at radius 2 is 2.05 bits per heavy atom. The van der Waals surface area contributed by atoms with Crippen LogP contribution in [-0.4, -0.2) is 25.1 Å². The van der Waals surface area contributed by atoms with Crippen molar-refractivity contribution in [2.45, 2.75) is 5.03 Å². The number of aryl methyl sites for hydroxylation is 1. The van der Waals surface area contributed by atoms with Gasteiger partial charge in [-0.05, 0) is 12.1 Å². The number of nitrogens with zero attached hydrogens (tertiary/aromatic N) is 2. The number of benzene rings is 1. The Hall–Kier alpha value is -1.44. The van der Waals surface area contributed by atoms with Crippen molar-refractivity contribution in [3.05, 3.63) is 34.7 Å². The highest BCUT2D eigenvalue weighted by Gasteiger charge is 2.22. The smallest absolute Gasteiger partial charge is 0.282 e. The summed E-state index contributed by atoms with van der Waals surface area (Å²) in [5.74, 6) is 0.360. The Labute approximate surface area is 126 Å². The molecular formula is C11H11Cl2N3O3S. The van der Waals surface area contributed by atoms with E-state index in [9.17, 15) is 8.42 Å². The van der Waals surface area contributed by atoms with Crippen molar-refractivity contribution in [3.8, 4) is 5.75 Å². The largest absolute Gasteiger partial charge is 0.495 e. The van der Waals surface area contributed by atoms with Crippen LogP contribution in [0.3, 0.4) is 0 Å². The Balaban J connectivity index is 2.36. The zero-order valence-corrected chi connectivity index (χ0v) is 12.9. The number of halogens is 2. The maximum atomic E-state index is 12.2. The molecule has 0 unspecified atom stereocenters. The number of anilines is 1. The molecule has 20 heavy (non-hydrogen) atoms. The lowest BCUT2D eigenvalue weighted by atomic mass is 10.3. The van der Waals surface area contributed by atoms with Gasteiger partial charge in [-0.25, -0.2) is 4.98 Å². The van der Waals surface area contributed by atoms with Gasteiger partial charge in [-0.1, -0.05) is 23.2 Å². The summed E-state index contributed by atoms with van der Waals surface area (Å²) < 4.78 is 33.1. The first-order chi connectivity index (χ1) is 9.35. The number of aromatic nitrogens is 2. The fourth-order valence-corrected chi connectivity index (χ4v) is 3.18. The number of ether oxygens (including phenoxy) is 1. The Bertz CT molecular complexity index is 743. The summed E-state index contributed by atoms with van der Waals surface area (Å²) in [6.45, 7) is 0. The lowest BCUT2D eigenvalue weighted by Crippen LogP contribution is -2.14. The highest BCUT2D eigenvalue weighted by atomic mass is 35.5. The summed E-state index contributed by atoms with van der Waals surface area (Å²) >= 11 is 11.8. The second-order valence-electron chi connectivity index (χ2n) is 3.91. The normalized spacial score (nSPS) is 11.4. The van der Waals surface area contributed by atoms with Gasteiger partial charge in [-0.15, -0.1) is 0 Å². The molecule has 0 amide bonds. The average molecular weight is 336 g/mol. The number of methoxy groups -OCH3 is 1. The number of hydrogen-bond acceptors (Lipinski definition) is 4. The molecule has 0 aliphatic heterocycles. The third-order valence-corrected chi connectivity index (χ3v) is 4.67. The van der Waals surface area contributed by atoms with Crippen molar-refractivity contribution in [2.24, 2.45) is 7.05 Å². The van der Waals surface area contributed by atoms with Crippen LogP contribution in [-0.2, 0) is 17.1 Å². The Morgan fingerprint density at radius 3 is 2.60 bits per heavy atom. The Kier molecular flexibility index (Phi) is 4.12. The number of nitrogens with one attached hydrogen (secondary N) is 1. The molecule has 0 aliphatic carbocycles. The fourth-order valence-electron chi connectivity index (χ4n) is 1.50. The van der Waals surface area contributed by atoms with E-state index >= 15 is 0 Å².